The molecule has 0 saturated carbocycles. The summed E-state index contributed by atoms with van der Waals surface area (Å²) in [5.74, 6) is -0.302. The summed E-state index contributed by atoms with van der Waals surface area (Å²) < 4.78 is 13.3. The Bertz CT molecular complexity index is 827. The molecule has 23 heavy (non-hydrogen) atoms. The Balaban J connectivity index is 1.55. The molecule has 2 aromatic carbocycles. The van der Waals surface area contributed by atoms with Crippen LogP contribution in [0.15, 0.2) is 48.7 Å². The molecule has 0 fully saturated rings. The molecule has 0 radical (unpaired) electrons. The number of hydrogen-bond acceptors (Lipinski definition) is 1. The third-order valence-corrected chi connectivity index (χ3v) is 3.98. The minimum atomic E-state index is -0.259. The van der Waals surface area contributed by atoms with Gasteiger partial charge < -0.3 is 10.3 Å². The average molecular weight is 331 g/mol. The van der Waals surface area contributed by atoms with Gasteiger partial charge in [-0.2, -0.15) is 0 Å². The number of aromatic amines is 1. The van der Waals surface area contributed by atoms with E-state index < -0.39 is 0 Å². The zero-order chi connectivity index (χ0) is 16.2. The number of carbonyl (C=O) groups excluding carboxylic acids is 1. The van der Waals surface area contributed by atoms with Crippen molar-refractivity contribution in [1.29, 1.82) is 0 Å². The summed E-state index contributed by atoms with van der Waals surface area (Å²) in [6.45, 7) is 0.510. The molecule has 3 aromatic rings. The molecule has 0 aliphatic heterocycles. The minimum absolute atomic E-state index is 0.0432. The highest BCUT2D eigenvalue weighted by molar-refractivity contribution is 6.30. The van der Waals surface area contributed by atoms with Crippen LogP contribution in [0.4, 0.5) is 4.39 Å². The van der Waals surface area contributed by atoms with Crippen molar-refractivity contribution in [3.05, 3.63) is 70.6 Å². The van der Waals surface area contributed by atoms with Crippen molar-refractivity contribution in [2.45, 2.75) is 12.8 Å². The van der Waals surface area contributed by atoms with Crippen LogP contribution in [0.3, 0.4) is 0 Å². The molecule has 0 spiro atoms. The van der Waals surface area contributed by atoms with E-state index in [1.165, 1.54) is 12.1 Å². The van der Waals surface area contributed by atoms with Crippen molar-refractivity contribution < 1.29 is 9.18 Å². The van der Waals surface area contributed by atoms with Gasteiger partial charge in [-0.3, -0.25) is 4.79 Å². The van der Waals surface area contributed by atoms with Gasteiger partial charge in [0.25, 0.3) is 0 Å². The number of carbonyl (C=O) groups is 1. The molecule has 5 heteroatoms. The van der Waals surface area contributed by atoms with Gasteiger partial charge in [0.2, 0.25) is 5.91 Å². The van der Waals surface area contributed by atoms with Gasteiger partial charge in [-0.05, 0) is 47.9 Å². The molecule has 3 rings (SSSR count). The SMILES string of the molecule is O=C(Cc1ccc(Cl)cc1)NCCc1c[nH]c2ccc(F)cc12. The molecule has 3 nitrogen and oxygen atoms in total. The van der Waals surface area contributed by atoms with Crippen molar-refractivity contribution in [2.24, 2.45) is 0 Å². The maximum absolute atomic E-state index is 13.3. The van der Waals surface area contributed by atoms with Crippen LogP contribution in [0.1, 0.15) is 11.1 Å². The van der Waals surface area contributed by atoms with Gasteiger partial charge in [-0.1, -0.05) is 23.7 Å². The molecule has 1 amide bonds. The average Bonchev–Trinajstić information content (AvgIpc) is 2.92. The second kappa shape index (κ2) is 6.84. The normalized spacial score (nSPS) is 10.9. The molecule has 1 aromatic heterocycles. The van der Waals surface area contributed by atoms with Crippen LogP contribution in [-0.2, 0) is 17.6 Å². The van der Waals surface area contributed by atoms with Crippen LogP contribution in [0, 0.1) is 5.82 Å². The second-order valence-corrected chi connectivity index (χ2v) is 5.84. The van der Waals surface area contributed by atoms with Gasteiger partial charge in [0.15, 0.2) is 0 Å². The summed E-state index contributed by atoms with van der Waals surface area (Å²) >= 11 is 5.82. The second-order valence-electron chi connectivity index (χ2n) is 5.41. The Morgan fingerprint density at radius 2 is 1.96 bits per heavy atom. The number of hydrogen-bond donors (Lipinski definition) is 2. The maximum Gasteiger partial charge on any atom is 0.224 e. The van der Waals surface area contributed by atoms with Gasteiger partial charge >= 0.3 is 0 Å². The molecule has 0 aliphatic carbocycles. The summed E-state index contributed by atoms with van der Waals surface area (Å²) in [6, 6.07) is 11.9. The number of benzene rings is 2. The molecule has 0 aliphatic rings. The molecule has 118 valence electrons. The summed E-state index contributed by atoms with van der Waals surface area (Å²) in [4.78, 5) is 15.0. The largest absolute Gasteiger partial charge is 0.361 e. The minimum Gasteiger partial charge on any atom is -0.361 e. The number of aromatic nitrogens is 1. The summed E-state index contributed by atoms with van der Waals surface area (Å²) in [6.07, 6.45) is 2.82. The number of rotatable bonds is 5. The quantitative estimate of drug-likeness (QED) is 0.733. The van der Waals surface area contributed by atoms with Crippen molar-refractivity contribution in [3.63, 3.8) is 0 Å². The van der Waals surface area contributed by atoms with Crippen molar-refractivity contribution in [1.82, 2.24) is 10.3 Å². The zero-order valence-corrected chi connectivity index (χ0v) is 13.2. The van der Waals surface area contributed by atoms with Gasteiger partial charge in [0.05, 0.1) is 6.42 Å². The fourth-order valence-electron chi connectivity index (χ4n) is 2.54. The van der Waals surface area contributed by atoms with Gasteiger partial charge in [0, 0.05) is 28.7 Å². The Morgan fingerprint density at radius 3 is 2.74 bits per heavy atom. The third-order valence-electron chi connectivity index (χ3n) is 3.72. The van der Waals surface area contributed by atoms with Gasteiger partial charge in [0.1, 0.15) is 5.82 Å². The van der Waals surface area contributed by atoms with Crippen LogP contribution in [0.5, 0.6) is 0 Å². The van der Waals surface area contributed by atoms with Crippen LogP contribution in [0.25, 0.3) is 10.9 Å². The van der Waals surface area contributed by atoms with E-state index >= 15 is 0 Å². The lowest BCUT2D eigenvalue weighted by molar-refractivity contribution is -0.120. The Morgan fingerprint density at radius 1 is 1.17 bits per heavy atom. The third kappa shape index (κ3) is 3.90. The highest BCUT2D eigenvalue weighted by atomic mass is 35.5. The molecule has 1 heterocycles. The first-order valence-electron chi connectivity index (χ1n) is 7.38. The lowest BCUT2D eigenvalue weighted by Crippen LogP contribution is -2.27. The van der Waals surface area contributed by atoms with Gasteiger partial charge in [-0.15, -0.1) is 0 Å². The van der Waals surface area contributed by atoms with Crippen molar-refractivity contribution in [3.8, 4) is 0 Å². The van der Waals surface area contributed by atoms with Crippen molar-refractivity contribution >= 4 is 28.4 Å². The Hall–Kier alpha value is -2.33. The first-order chi connectivity index (χ1) is 11.1. The number of amides is 1. The number of nitrogens with one attached hydrogen (secondary N) is 2. The zero-order valence-electron chi connectivity index (χ0n) is 12.4. The van der Waals surface area contributed by atoms with E-state index in [0.29, 0.717) is 24.4 Å². The topological polar surface area (TPSA) is 44.9 Å². The number of H-pyrrole nitrogens is 1. The maximum atomic E-state index is 13.3. The highest BCUT2D eigenvalue weighted by Crippen LogP contribution is 2.19. The van der Waals surface area contributed by atoms with E-state index in [-0.39, 0.29) is 11.7 Å². The summed E-state index contributed by atoms with van der Waals surface area (Å²) in [5, 5.41) is 4.40. The standard InChI is InChI=1S/C18H16ClFN2O/c19-14-3-1-12(2-4-14)9-18(23)21-8-7-13-11-22-17-6-5-15(20)10-16(13)17/h1-6,10-11,22H,7-9H2,(H,21,23). The van der Waals surface area contributed by atoms with Crippen LogP contribution < -0.4 is 5.32 Å². The van der Waals surface area contributed by atoms with Crippen LogP contribution in [-0.4, -0.2) is 17.4 Å². The highest BCUT2D eigenvalue weighted by Gasteiger charge is 2.07. The van der Waals surface area contributed by atoms with Gasteiger partial charge in [-0.25, -0.2) is 4.39 Å². The lowest BCUT2D eigenvalue weighted by Gasteiger charge is -2.05. The molecule has 2 N–H and O–H groups in total. The van der Waals surface area contributed by atoms with E-state index in [0.717, 1.165) is 22.0 Å². The molecular formula is C18H16ClFN2O. The fourth-order valence-corrected chi connectivity index (χ4v) is 2.67. The Kier molecular flexibility index (Phi) is 4.63. The summed E-state index contributed by atoms with van der Waals surface area (Å²) in [7, 11) is 0. The van der Waals surface area contributed by atoms with Crippen LogP contribution in [0.2, 0.25) is 5.02 Å². The predicted molar refractivity (Wildman–Crippen MR) is 90.1 cm³/mol. The smallest absolute Gasteiger partial charge is 0.224 e. The molecule has 0 bridgehead atoms. The number of fused-ring (bicyclic) bond motifs is 1. The van der Waals surface area contributed by atoms with Crippen LogP contribution >= 0.6 is 11.6 Å². The van der Waals surface area contributed by atoms with E-state index in [1.54, 1.807) is 18.2 Å². The van der Waals surface area contributed by atoms with E-state index in [2.05, 4.69) is 10.3 Å². The molecule has 0 unspecified atom stereocenters. The lowest BCUT2D eigenvalue weighted by atomic mass is 10.1. The fraction of sp³-hybridized carbons (Fsp3) is 0.167. The van der Waals surface area contributed by atoms with E-state index in [1.807, 2.05) is 18.3 Å². The number of halogens is 2. The van der Waals surface area contributed by atoms with Crippen molar-refractivity contribution in [2.75, 3.05) is 6.54 Å². The first-order valence-corrected chi connectivity index (χ1v) is 7.76. The predicted octanol–water partition coefficient (Wildman–Crippen LogP) is 3.86. The van der Waals surface area contributed by atoms with E-state index in [9.17, 15) is 9.18 Å². The Labute approximate surface area is 138 Å². The first kappa shape index (κ1) is 15.6. The van der Waals surface area contributed by atoms with E-state index in [4.69, 9.17) is 11.6 Å². The molecule has 0 atom stereocenters. The molecule has 0 saturated heterocycles. The molecular weight excluding hydrogens is 315 g/mol. The monoisotopic (exact) mass is 330 g/mol. The summed E-state index contributed by atoms with van der Waals surface area (Å²) in [5.41, 5.74) is 2.81.